The van der Waals surface area contributed by atoms with Crippen LogP contribution < -0.4 is 0 Å². The fourth-order valence-corrected chi connectivity index (χ4v) is 2.48. The zero-order chi connectivity index (χ0) is 13.0. The molecule has 0 saturated carbocycles. The zero-order valence-electron chi connectivity index (χ0n) is 10.0. The fraction of sp³-hybridized carbons (Fsp3) is 0.727. The minimum absolute atomic E-state index is 0.00717. The Morgan fingerprint density at radius 1 is 1.59 bits per heavy atom. The third-order valence-electron chi connectivity index (χ3n) is 2.73. The van der Waals surface area contributed by atoms with Crippen LogP contribution in [0, 0.1) is 11.8 Å². The van der Waals surface area contributed by atoms with Gasteiger partial charge in [-0.1, -0.05) is 18.7 Å². The molecule has 0 bridgehead atoms. The van der Waals surface area contributed by atoms with E-state index in [9.17, 15) is 14.4 Å². The smallest absolute Gasteiger partial charge is 0.308 e. The van der Waals surface area contributed by atoms with Crippen molar-refractivity contribution < 1.29 is 19.5 Å². The van der Waals surface area contributed by atoms with E-state index in [-0.39, 0.29) is 23.5 Å². The van der Waals surface area contributed by atoms with Crippen molar-refractivity contribution in [3.8, 4) is 0 Å². The Bertz CT molecular complexity index is 331. The van der Waals surface area contributed by atoms with Crippen molar-refractivity contribution in [3.05, 3.63) is 0 Å². The third kappa shape index (κ3) is 4.38. The maximum absolute atomic E-state index is 11.6. The van der Waals surface area contributed by atoms with Gasteiger partial charge in [0.05, 0.1) is 5.92 Å². The topological polar surface area (TPSA) is 74.7 Å². The predicted molar refractivity (Wildman–Crippen MR) is 64.6 cm³/mol. The minimum Gasteiger partial charge on any atom is -0.481 e. The number of hydrogen-bond acceptors (Lipinski definition) is 4. The molecule has 0 spiro atoms. The summed E-state index contributed by atoms with van der Waals surface area (Å²) in [5.74, 6) is -0.638. The summed E-state index contributed by atoms with van der Waals surface area (Å²) < 4.78 is 0. The van der Waals surface area contributed by atoms with Gasteiger partial charge in [-0.25, -0.2) is 0 Å². The first-order valence-corrected chi connectivity index (χ1v) is 6.52. The molecule has 1 N–H and O–H groups in total. The van der Waals surface area contributed by atoms with Gasteiger partial charge in [0, 0.05) is 32.2 Å². The van der Waals surface area contributed by atoms with Gasteiger partial charge < -0.3 is 10.0 Å². The molecule has 5 nitrogen and oxygen atoms in total. The number of thioether (sulfide) groups is 1. The highest BCUT2D eigenvalue weighted by Gasteiger charge is 2.31. The van der Waals surface area contributed by atoms with Crippen LogP contribution in [0.15, 0.2) is 0 Å². The molecule has 1 saturated heterocycles. The number of carboxylic acids is 1. The molecule has 1 aliphatic heterocycles. The van der Waals surface area contributed by atoms with Crippen molar-refractivity contribution in [2.24, 2.45) is 11.8 Å². The minimum atomic E-state index is -0.889. The number of likely N-dealkylation sites (tertiary alicyclic amines) is 1. The van der Waals surface area contributed by atoms with Crippen molar-refractivity contribution in [2.45, 2.75) is 20.3 Å². The van der Waals surface area contributed by atoms with Crippen LogP contribution in [0.25, 0.3) is 0 Å². The molecule has 6 heteroatoms. The summed E-state index contributed by atoms with van der Waals surface area (Å²) in [5.41, 5.74) is 0. The summed E-state index contributed by atoms with van der Waals surface area (Å²) in [5, 5.41) is 8.83. The number of rotatable bonds is 5. The summed E-state index contributed by atoms with van der Waals surface area (Å²) >= 11 is 1.22. The van der Waals surface area contributed by atoms with Gasteiger partial charge in [-0.3, -0.25) is 14.4 Å². The Hall–Kier alpha value is -1.04. The molecule has 0 aliphatic carbocycles. The zero-order valence-corrected chi connectivity index (χ0v) is 10.8. The van der Waals surface area contributed by atoms with E-state index in [1.54, 1.807) is 11.8 Å². The van der Waals surface area contributed by atoms with Gasteiger partial charge in [-0.15, -0.1) is 0 Å². The molecular formula is C11H17NO4S. The number of carboxylic acid groups (broad SMARTS) is 1. The first kappa shape index (κ1) is 14.0. The van der Waals surface area contributed by atoms with Crippen molar-refractivity contribution in [1.82, 2.24) is 4.90 Å². The second kappa shape index (κ2) is 6.05. The normalized spacial score (nSPS) is 21.6. The first-order valence-electron chi connectivity index (χ1n) is 5.54. The SMILES string of the molecule is CC(=O)SCC1CC(=O)N(CC(C)C(=O)O)C1. The standard InChI is InChI=1S/C11H17NO4S/c1-7(11(15)16)4-12-5-9(3-10(12)14)6-17-8(2)13/h7,9H,3-6H2,1-2H3,(H,15,16). The van der Waals surface area contributed by atoms with Gasteiger partial charge in [0.1, 0.15) is 0 Å². The highest BCUT2D eigenvalue weighted by molar-refractivity contribution is 8.13. The van der Waals surface area contributed by atoms with Crippen molar-refractivity contribution >= 4 is 28.8 Å². The van der Waals surface area contributed by atoms with E-state index in [2.05, 4.69) is 0 Å². The molecule has 17 heavy (non-hydrogen) atoms. The van der Waals surface area contributed by atoms with Crippen LogP contribution in [-0.4, -0.2) is 45.8 Å². The Balaban J connectivity index is 2.41. The summed E-state index contributed by atoms with van der Waals surface area (Å²) in [6.45, 7) is 3.92. The number of aliphatic carboxylic acids is 1. The quantitative estimate of drug-likeness (QED) is 0.791. The third-order valence-corrected chi connectivity index (χ3v) is 3.78. The first-order chi connectivity index (χ1) is 7.90. The molecule has 2 atom stereocenters. The Kier molecular flexibility index (Phi) is 4.99. The van der Waals surface area contributed by atoms with Gasteiger partial charge in [0.2, 0.25) is 5.91 Å². The summed E-state index contributed by atoms with van der Waals surface area (Å²) in [6.07, 6.45) is 0.423. The molecule has 1 heterocycles. The van der Waals surface area contributed by atoms with Crippen LogP contribution in [-0.2, 0) is 14.4 Å². The van der Waals surface area contributed by atoms with Gasteiger partial charge in [-0.2, -0.15) is 0 Å². The molecule has 1 aliphatic rings. The van der Waals surface area contributed by atoms with Crippen LogP contribution in [0.2, 0.25) is 0 Å². The molecule has 0 radical (unpaired) electrons. The second-order valence-electron chi connectivity index (χ2n) is 4.41. The number of amides is 1. The van der Waals surface area contributed by atoms with Crippen molar-refractivity contribution in [2.75, 3.05) is 18.8 Å². The maximum atomic E-state index is 11.6. The lowest BCUT2D eigenvalue weighted by Crippen LogP contribution is -2.33. The van der Waals surface area contributed by atoms with E-state index in [1.807, 2.05) is 0 Å². The van der Waals surface area contributed by atoms with Crippen LogP contribution in [0.3, 0.4) is 0 Å². The second-order valence-corrected chi connectivity index (χ2v) is 5.61. The Labute approximate surface area is 105 Å². The average Bonchev–Trinajstić information content (AvgIpc) is 2.56. The maximum Gasteiger partial charge on any atom is 0.308 e. The van der Waals surface area contributed by atoms with Gasteiger partial charge in [0.15, 0.2) is 5.12 Å². The molecule has 96 valence electrons. The average molecular weight is 259 g/mol. The van der Waals surface area contributed by atoms with Crippen molar-refractivity contribution in [1.29, 1.82) is 0 Å². The number of nitrogens with zero attached hydrogens (tertiary/aromatic N) is 1. The molecule has 1 fully saturated rings. The van der Waals surface area contributed by atoms with Crippen molar-refractivity contribution in [3.63, 3.8) is 0 Å². The van der Waals surface area contributed by atoms with E-state index in [4.69, 9.17) is 5.11 Å². The van der Waals surface area contributed by atoms with Crippen LogP contribution in [0.1, 0.15) is 20.3 Å². The number of carbonyl (C=O) groups is 3. The summed E-state index contributed by atoms with van der Waals surface area (Å²) in [7, 11) is 0. The molecule has 1 amide bonds. The van der Waals surface area contributed by atoms with E-state index < -0.39 is 11.9 Å². The van der Waals surface area contributed by atoms with Crippen LogP contribution >= 0.6 is 11.8 Å². The fourth-order valence-electron chi connectivity index (χ4n) is 1.79. The molecule has 0 aromatic rings. The number of hydrogen-bond donors (Lipinski definition) is 1. The molecule has 2 unspecified atom stereocenters. The van der Waals surface area contributed by atoms with Crippen LogP contribution in [0.4, 0.5) is 0 Å². The summed E-state index contributed by atoms with van der Waals surface area (Å²) in [4.78, 5) is 34.7. The monoisotopic (exact) mass is 259 g/mol. The summed E-state index contributed by atoms with van der Waals surface area (Å²) in [6, 6.07) is 0. The lowest BCUT2D eigenvalue weighted by molar-refractivity contribution is -0.142. The lowest BCUT2D eigenvalue weighted by atomic mass is 10.1. The molecule has 1 rings (SSSR count). The highest BCUT2D eigenvalue weighted by atomic mass is 32.2. The number of carbonyl (C=O) groups excluding carboxylic acids is 2. The Morgan fingerprint density at radius 3 is 2.76 bits per heavy atom. The van der Waals surface area contributed by atoms with Gasteiger partial charge in [-0.05, 0) is 5.92 Å². The van der Waals surface area contributed by atoms with E-state index in [1.165, 1.54) is 18.7 Å². The molecule has 0 aromatic heterocycles. The Morgan fingerprint density at radius 2 is 2.24 bits per heavy atom. The predicted octanol–water partition coefficient (Wildman–Crippen LogP) is 0.835. The lowest BCUT2D eigenvalue weighted by Gasteiger charge is -2.18. The van der Waals surface area contributed by atoms with Gasteiger partial charge in [0.25, 0.3) is 0 Å². The van der Waals surface area contributed by atoms with E-state index in [0.717, 1.165) is 0 Å². The van der Waals surface area contributed by atoms with Crippen LogP contribution in [0.5, 0.6) is 0 Å². The molecule has 0 aromatic carbocycles. The van der Waals surface area contributed by atoms with E-state index >= 15 is 0 Å². The van der Waals surface area contributed by atoms with E-state index in [0.29, 0.717) is 18.7 Å². The van der Waals surface area contributed by atoms with Gasteiger partial charge >= 0.3 is 5.97 Å². The largest absolute Gasteiger partial charge is 0.481 e. The molecular weight excluding hydrogens is 242 g/mol. The highest BCUT2D eigenvalue weighted by Crippen LogP contribution is 2.23.